The van der Waals surface area contributed by atoms with Crippen molar-refractivity contribution in [2.75, 3.05) is 26.2 Å². The summed E-state index contributed by atoms with van der Waals surface area (Å²) < 4.78 is 30.9. The monoisotopic (exact) mass is 267 g/mol. The van der Waals surface area contributed by atoms with Crippen LogP contribution in [0.1, 0.15) is 27.7 Å². The van der Waals surface area contributed by atoms with Crippen LogP contribution in [-0.4, -0.2) is 49.7 Å². The van der Waals surface area contributed by atoms with Crippen LogP contribution in [0, 0.1) is 0 Å². The number of hydrogen-bond donors (Lipinski definition) is 0. The minimum Gasteiger partial charge on any atom is -0.593 e. The summed E-state index contributed by atoms with van der Waals surface area (Å²) >= 11 is 0. The van der Waals surface area contributed by atoms with Gasteiger partial charge < -0.3 is 22.4 Å². The van der Waals surface area contributed by atoms with Crippen LogP contribution in [0.4, 0.5) is 8.63 Å². The van der Waals surface area contributed by atoms with Gasteiger partial charge in [-0.2, -0.15) is 0 Å². The third kappa shape index (κ3) is 4.60. The molecule has 0 unspecified atom stereocenters. The van der Waals surface area contributed by atoms with Crippen LogP contribution in [0.3, 0.4) is 0 Å². The lowest BCUT2D eigenvalue weighted by molar-refractivity contribution is -0.921. The molecule has 1 aliphatic heterocycles. The van der Waals surface area contributed by atoms with Gasteiger partial charge in [0.25, 0.3) is 0 Å². The standard InChI is InChI=1S/C8H20N.C2BF2O4/c1-5-9(6-2,7-3)8-4;4-3(5)8-1(6)2(7)9-3/h5-8H2,1-4H3;/q+1;-1. The summed E-state index contributed by atoms with van der Waals surface area (Å²) in [4.78, 5) is 19.7. The number of quaternary nitrogens is 1. The summed E-state index contributed by atoms with van der Waals surface area (Å²) in [5.41, 5.74) is 0. The Morgan fingerprint density at radius 3 is 1.22 bits per heavy atom. The lowest BCUT2D eigenvalue weighted by Gasteiger charge is -2.34. The maximum Gasteiger partial charge on any atom is 0.730 e. The predicted molar refractivity (Wildman–Crippen MR) is 62.6 cm³/mol. The quantitative estimate of drug-likeness (QED) is 0.438. The number of halogens is 2. The summed E-state index contributed by atoms with van der Waals surface area (Å²) in [6.07, 6.45) is 0. The van der Waals surface area contributed by atoms with Crippen LogP contribution in [0.25, 0.3) is 0 Å². The molecule has 0 aromatic carbocycles. The second kappa shape index (κ2) is 6.68. The largest absolute Gasteiger partial charge is 0.730 e. The van der Waals surface area contributed by atoms with E-state index >= 15 is 0 Å². The number of carbonyl (C=O) groups is 2. The van der Waals surface area contributed by atoms with Crippen molar-refractivity contribution < 1.29 is 32.0 Å². The fourth-order valence-electron chi connectivity index (χ4n) is 1.71. The average Bonchev–Trinajstić information content (AvgIpc) is 2.55. The molecule has 18 heavy (non-hydrogen) atoms. The van der Waals surface area contributed by atoms with Gasteiger partial charge in [-0.3, -0.25) is 0 Å². The van der Waals surface area contributed by atoms with Crippen LogP contribution in [0.15, 0.2) is 0 Å². The van der Waals surface area contributed by atoms with Crippen molar-refractivity contribution in [2.45, 2.75) is 27.7 Å². The van der Waals surface area contributed by atoms with Crippen LogP contribution in [-0.2, 0) is 18.9 Å². The Hall–Kier alpha value is -1.18. The van der Waals surface area contributed by atoms with Crippen LogP contribution < -0.4 is 0 Å². The number of nitrogens with zero attached hydrogens (tertiary/aromatic N) is 1. The molecule has 0 bridgehead atoms. The van der Waals surface area contributed by atoms with Gasteiger partial charge in [-0.05, 0) is 27.7 Å². The second-order valence-corrected chi connectivity index (χ2v) is 3.95. The van der Waals surface area contributed by atoms with Crippen molar-refractivity contribution in [3.05, 3.63) is 0 Å². The van der Waals surface area contributed by atoms with E-state index in [4.69, 9.17) is 0 Å². The van der Waals surface area contributed by atoms with Gasteiger partial charge in [-0.15, -0.1) is 0 Å². The molecule has 0 radical (unpaired) electrons. The zero-order valence-corrected chi connectivity index (χ0v) is 11.2. The minimum atomic E-state index is -4.65. The predicted octanol–water partition coefficient (Wildman–Crippen LogP) is 1.34. The summed E-state index contributed by atoms with van der Waals surface area (Å²) in [7, 11) is -4.65. The van der Waals surface area contributed by atoms with Crippen LogP contribution >= 0.6 is 0 Å². The molecule has 1 rings (SSSR count). The lowest BCUT2D eigenvalue weighted by Crippen LogP contribution is -2.47. The summed E-state index contributed by atoms with van der Waals surface area (Å²) in [6, 6.07) is 0. The fraction of sp³-hybridized carbons (Fsp3) is 0.800. The van der Waals surface area contributed by atoms with Gasteiger partial charge in [0, 0.05) is 0 Å². The van der Waals surface area contributed by atoms with Gasteiger partial charge in [0.1, 0.15) is 0 Å². The maximum atomic E-state index is 11.6. The Balaban J connectivity index is 0.000000321. The highest BCUT2D eigenvalue weighted by Gasteiger charge is 2.46. The molecule has 0 amide bonds. The zero-order chi connectivity index (χ0) is 14.4. The highest BCUT2D eigenvalue weighted by molar-refractivity contribution is 6.65. The zero-order valence-electron chi connectivity index (χ0n) is 11.2. The smallest absolute Gasteiger partial charge is 0.593 e. The Morgan fingerprint density at radius 2 is 1.17 bits per heavy atom. The topological polar surface area (TPSA) is 52.6 Å². The molecule has 1 heterocycles. The average molecular weight is 267 g/mol. The third-order valence-corrected chi connectivity index (χ3v) is 3.34. The minimum absolute atomic E-state index is 1.28. The number of hydrogen-bond acceptors (Lipinski definition) is 4. The Morgan fingerprint density at radius 1 is 0.889 bits per heavy atom. The molecule has 0 N–H and O–H groups in total. The molecule has 0 aromatic rings. The molecule has 0 atom stereocenters. The molecule has 1 aliphatic rings. The van der Waals surface area contributed by atoms with E-state index in [0.29, 0.717) is 0 Å². The van der Waals surface area contributed by atoms with E-state index in [1.807, 2.05) is 0 Å². The first kappa shape index (κ1) is 16.8. The molecular weight excluding hydrogens is 247 g/mol. The van der Waals surface area contributed by atoms with Gasteiger partial charge >= 0.3 is 19.0 Å². The van der Waals surface area contributed by atoms with Crippen molar-refractivity contribution in [1.29, 1.82) is 0 Å². The third-order valence-electron chi connectivity index (χ3n) is 3.34. The van der Waals surface area contributed by atoms with E-state index in [0.717, 1.165) is 0 Å². The van der Waals surface area contributed by atoms with Crippen LogP contribution in [0.2, 0.25) is 0 Å². The van der Waals surface area contributed by atoms with Gasteiger partial charge in [0.15, 0.2) is 0 Å². The number of rotatable bonds is 4. The Labute approximate surface area is 106 Å². The molecule has 0 spiro atoms. The molecule has 0 aliphatic carbocycles. The van der Waals surface area contributed by atoms with Crippen molar-refractivity contribution in [3.63, 3.8) is 0 Å². The lowest BCUT2D eigenvalue weighted by atomic mass is 10.2. The van der Waals surface area contributed by atoms with E-state index in [1.54, 1.807) is 0 Å². The van der Waals surface area contributed by atoms with Gasteiger partial charge in [-0.1, -0.05) is 0 Å². The first-order valence-corrected chi connectivity index (χ1v) is 6.07. The normalized spacial score (nSPS) is 17.7. The molecule has 1 fully saturated rings. The number of carbonyl (C=O) groups excluding carboxylic acids is 2. The summed E-state index contributed by atoms with van der Waals surface area (Å²) in [5, 5.41) is 0. The molecule has 0 aromatic heterocycles. The molecule has 0 saturated carbocycles. The van der Waals surface area contributed by atoms with Gasteiger partial charge in [-0.25, -0.2) is 9.59 Å². The SMILES string of the molecule is CC[N+](CC)(CC)CC.O=C1O[B-](F)(F)OC1=O. The van der Waals surface area contributed by atoms with Crippen molar-refractivity contribution in [1.82, 2.24) is 0 Å². The second-order valence-electron chi connectivity index (χ2n) is 3.95. The van der Waals surface area contributed by atoms with Gasteiger partial charge in [0.2, 0.25) is 0 Å². The van der Waals surface area contributed by atoms with E-state index < -0.39 is 19.0 Å². The van der Waals surface area contributed by atoms with Crippen LogP contribution in [0.5, 0.6) is 0 Å². The van der Waals surface area contributed by atoms with Crippen molar-refractivity contribution >= 4 is 19.0 Å². The highest BCUT2D eigenvalue weighted by atomic mass is 19.3. The molecule has 1 saturated heterocycles. The summed E-state index contributed by atoms with van der Waals surface area (Å²) in [5.74, 6) is -3.28. The highest BCUT2D eigenvalue weighted by Crippen LogP contribution is 2.17. The first-order chi connectivity index (χ1) is 8.25. The molecule has 5 nitrogen and oxygen atoms in total. The van der Waals surface area contributed by atoms with Gasteiger partial charge in [0.05, 0.1) is 26.2 Å². The van der Waals surface area contributed by atoms with E-state index in [1.165, 1.54) is 30.7 Å². The maximum absolute atomic E-state index is 11.6. The summed E-state index contributed by atoms with van der Waals surface area (Å²) in [6.45, 7) is 14.2. The van der Waals surface area contributed by atoms with Crippen molar-refractivity contribution in [3.8, 4) is 0 Å². The van der Waals surface area contributed by atoms with E-state index in [2.05, 4.69) is 37.0 Å². The molecule has 106 valence electrons. The molecule has 8 heteroatoms. The Kier molecular flexibility index (Phi) is 6.24. The molecular formula is C10H20BF2NO4. The van der Waals surface area contributed by atoms with E-state index in [-0.39, 0.29) is 0 Å². The first-order valence-electron chi connectivity index (χ1n) is 6.07. The Bertz CT molecular complexity index is 273. The van der Waals surface area contributed by atoms with E-state index in [9.17, 15) is 18.2 Å². The van der Waals surface area contributed by atoms with Crippen molar-refractivity contribution in [2.24, 2.45) is 0 Å². The fourth-order valence-corrected chi connectivity index (χ4v) is 1.71.